The van der Waals surface area contributed by atoms with Gasteiger partial charge in [-0.05, 0) is 57.9 Å². The van der Waals surface area contributed by atoms with Gasteiger partial charge in [-0.25, -0.2) is 9.82 Å². The van der Waals surface area contributed by atoms with Gasteiger partial charge in [0.25, 0.3) is 5.91 Å². The Labute approximate surface area is 195 Å². The highest BCUT2D eigenvalue weighted by Crippen LogP contribution is 2.37. The zero-order chi connectivity index (χ0) is 24.0. The van der Waals surface area contributed by atoms with Gasteiger partial charge in [-0.15, -0.1) is 0 Å². The number of hydrogen-bond acceptors (Lipinski definition) is 4. The lowest BCUT2D eigenvalue weighted by Crippen LogP contribution is -2.18. The Bertz CT molecular complexity index is 1180. The fourth-order valence-electron chi connectivity index (χ4n) is 2.79. The molecule has 0 heterocycles. The summed E-state index contributed by atoms with van der Waals surface area (Å²) in [5.41, 5.74) is 1.94. The second kappa shape index (κ2) is 10.5. The highest BCUT2D eigenvalue weighted by Gasteiger charge is 2.30. The summed E-state index contributed by atoms with van der Waals surface area (Å²) in [5.74, 6) is -0.529. The van der Waals surface area contributed by atoms with Gasteiger partial charge >= 0.3 is 6.18 Å². The van der Waals surface area contributed by atoms with E-state index in [1.165, 1.54) is 25.5 Å². The van der Waals surface area contributed by atoms with Gasteiger partial charge in [-0.2, -0.15) is 18.3 Å². The minimum Gasteiger partial charge on any atom is -0.493 e. The molecule has 3 rings (SSSR count). The molecule has 172 valence electrons. The molecule has 0 atom stereocenters. The van der Waals surface area contributed by atoms with Crippen molar-refractivity contribution >= 4 is 28.1 Å². The summed E-state index contributed by atoms with van der Waals surface area (Å²) in [7, 11) is 1.42. The van der Waals surface area contributed by atoms with Gasteiger partial charge in [0.2, 0.25) is 0 Å². The van der Waals surface area contributed by atoms with Crippen molar-refractivity contribution in [1.29, 1.82) is 0 Å². The zero-order valence-electron chi connectivity index (χ0n) is 17.1. The van der Waals surface area contributed by atoms with E-state index in [9.17, 15) is 22.4 Å². The second-order valence-electron chi connectivity index (χ2n) is 6.69. The summed E-state index contributed by atoms with van der Waals surface area (Å²) in [6.07, 6.45) is -3.27. The van der Waals surface area contributed by atoms with Crippen molar-refractivity contribution in [2.24, 2.45) is 5.10 Å². The van der Waals surface area contributed by atoms with E-state index < -0.39 is 23.5 Å². The zero-order valence-corrected chi connectivity index (χ0v) is 18.7. The molecule has 0 saturated heterocycles. The molecule has 0 bridgehead atoms. The van der Waals surface area contributed by atoms with E-state index in [0.29, 0.717) is 27.1 Å². The average Bonchev–Trinajstić information content (AvgIpc) is 2.78. The van der Waals surface area contributed by atoms with Crippen molar-refractivity contribution in [2.45, 2.75) is 12.8 Å². The van der Waals surface area contributed by atoms with Crippen LogP contribution in [0.5, 0.6) is 11.5 Å². The number of rotatable bonds is 7. The lowest BCUT2D eigenvalue weighted by atomic mass is 10.1. The minimum atomic E-state index is -4.56. The summed E-state index contributed by atoms with van der Waals surface area (Å²) in [4.78, 5) is 12.1. The molecule has 0 aliphatic heterocycles. The van der Waals surface area contributed by atoms with Crippen molar-refractivity contribution < 1.29 is 31.8 Å². The summed E-state index contributed by atoms with van der Waals surface area (Å²) in [6, 6.07) is 13.4. The van der Waals surface area contributed by atoms with Crippen molar-refractivity contribution in [2.75, 3.05) is 7.11 Å². The van der Waals surface area contributed by atoms with Crippen LogP contribution in [0.2, 0.25) is 0 Å². The molecular formula is C23H17BrF4N2O3. The Hall–Kier alpha value is -3.40. The number of hydrazone groups is 1. The maximum Gasteiger partial charge on any atom is 0.416 e. The standard InChI is InChI=1S/C23H17BrF4N2O3/c1-32-20-10-14(9-18(24)21(20)33-13-16-5-2-3-8-19(16)25)12-29-30-22(31)15-6-4-7-17(11-15)23(26,27)28/h2-12H,13H2,1H3,(H,30,31)/b29-12-. The topological polar surface area (TPSA) is 59.9 Å². The molecule has 33 heavy (non-hydrogen) atoms. The van der Waals surface area contributed by atoms with Crippen LogP contribution in [-0.4, -0.2) is 19.2 Å². The van der Waals surface area contributed by atoms with E-state index >= 15 is 0 Å². The van der Waals surface area contributed by atoms with Crippen LogP contribution in [0.15, 0.2) is 70.2 Å². The fourth-order valence-corrected chi connectivity index (χ4v) is 3.36. The van der Waals surface area contributed by atoms with Gasteiger partial charge in [-0.3, -0.25) is 4.79 Å². The van der Waals surface area contributed by atoms with Gasteiger partial charge < -0.3 is 9.47 Å². The molecule has 5 nitrogen and oxygen atoms in total. The Morgan fingerprint density at radius 3 is 2.58 bits per heavy atom. The number of amides is 1. The van der Waals surface area contributed by atoms with Crippen LogP contribution in [-0.2, 0) is 12.8 Å². The number of benzene rings is 3. The maximum absolute atomic E-state index is 13.8. The van der Waals surface area contributed by atoms with Crippen LogP contribution >= 0.6 is 15.9 Å². The largest absolute Gasteiger partial charge is 0.493 e. The van der Waals surface area contributed by atoms with Crippen LogP contribution < -0.4 is 14.9 Å². The highest BCUT2D eigenvalue weighted by atomic mass is 79.9. The van der Waals surface area contributed by atoms with E-state index in [0.717, 1.165) is 18.2 Å². The molecule has 10 heteroatoms. The number of nitrogens with one attached hydrogen (secondary N) is 1. The number of methoxy groups -OCH3 is 1. The SMILES string of the molecule is COc1cc(/C=N\NC(=O)c2cccc(C(F)(F)F)c2)cc(Br)c1OCc1ccccc1F. The smallest absolute Gasteiger partial charge is 0.416 e. The van der Waals surface area contributed by atoms with Gasteiger partial charge in [0.05, 0.1) is 23.4 Å². The van der Waals surface area contributed by atoms with Crippen LogP contribution in [0.25, 0.3) is 0 Å². The van der Waals surface area contributed by atoms with Gasteiger partial charge in [0, 0.05) is 11.1 Å². The molecule has 0 spiro atoms. The lowest BCUT2D eigenvalue weighted by Gasteiger charge is -2.14. The van der Waals surface area contributed by atoms with Crippen molar-refractivity contribution in [3.05, 3.63) is 93.2 Å². The number of ether oxygens (including phenoxy) is 2. The van der Waals surface area contributed by atoms with Crippen molar-refractivity contribution in [3.8, 4) is 11.5 Å². The van der Waals surface area contributed by atoms with Crippen molar-refractivity contribution in [1.82, 2.24) is 5.43 Å². The Morgan fingerprint density at radius 2 is 1.88 bits per heavy atom. The van der Waals surface area contributed by atoms with E-state index in [2.05, 4.69) is 26.5 Å². The molecule has 0 fully saturated rings. The van der Waals surface area contributed by atoms with Crippen LogP contribution in [0, 0.1) is 5.82 Å². The van der Waals surface area contributed by atoms with Gasteiger partial charge in [0.15, 0.2) is 11.5 Å². The van der Waals surface area contributed by atoms with Crippen LogP contribution in [0.1, 0.15) is 27.0 Å². The number of carbonyl (C=O) groups is 1. The number of carbonyl (C=O) groups excluding carboxylic acids is 1. The quantitative estimate of drug-likeness (QED) is 0.235. The lowest BCUT2D eigenvalue weighted by molar-refractivity contribution is -0.137. The minimum absolute atomic E-state index is 0.0257. The molecular weight excluding hydrogens is 508 g/mol. The third-order valence-corrected chi connectivity index (χ3v) is 5.00. The molecule has 0 aromatic heterocycles. The number of alkyl halides is 3. The molecule has 3 aromatic carbocycles. The molecule has 0 aliphatic rings. The second-order valence-corrected chi connectivity index (χ2v) is 7.55. The summed E-state index contributed by atoms with van der Waals surface area (Å²) in [6.45, 7) is -0.0257. The summed E-state index contributed by atoms with van der Waals surface area (Å²) in [5, 5.41) is 3.79. The molecule has 1 amide bonds. The predicted octanol–water partition coefficient (Wildman–Crippen LogP) is 5.96. The molecule has 3 aromatic rings. The maximum atomic E-state index is 13.8. The number of halogens is 5. The summed E-state index contributed by atoms with van der Waals surface area (Å²) >= 11 is 3.36. The third kappa shape index (κ3) is 6.32. The van der Waals surface area contributed by atoms with E-state index in [4.69, 9.17) is 9.47 Å². The first-order valence-electron chi connectivity index (χ1n) is 9.43. The van der Waals surface area contributed by atoms with Gasteiger partial charge in [0.1, 0.15) is 12.4 Å². The molecule has 0 saturated carbocycles. The Morgan fingerprint density at radius 1 is 1.12 bits per heavy atom. The monoisotopic (exact) mass is 524 g/mol. The molecule has 0 radical (unpaired) electrons. The van der Waals surface area contributed by atoms with E-state index in [1.54, 1.807) is 30.3 Å². The molecule has 1 N–H and O–H groups in total. The highest BCUT2D eigenvalue weighted by molar-refractivity contribution is 9.10. The Balaban J connectivity index is 1.70. The van der Waals surface area contributed by atoms with E-state index in [1.807, 2.05) is 0 Å². The first kappa shape index (κ1) is 24.2. The van der Waals surface area contributed by atoms with Crippen molar-refractivity contribution in [3.63, 3.8) is 0 Å². The summed E-state index contributed by atoms with van der Waals surface area (Å²) < 4.78 is 63.8. The predicted molar refractivity (Wildman–Crippen MR) is 118 cm³/mol. The fraction of sp³-hybridized carbons (Fsp3) is 0.130. The van der Waals surface area contributed by atoms with Crippen LogP contribution in [0.3, 0.4) is 0 Å². The van der Waals surface area contributed by atoms with Gasteiger partial charge in [-0.1, -0.05) is 24.3 Å². The number of nitrogens with zero attached hydrogens (tertiary/aromatic N) is 1. The van der Waals surface area contributed by atoms with Crippen LogP contribution in [0.4, 0.5) is 17.6 Å². The first-order chi connectivity index (χ1) is 15.7. The number of hydrogen-bond donors (Lipinski definition) is 1. The van der Waals surface area contributed by atoms with E-state index in [-0.39, 0.29) is 12.2 Å². The first-order valence-corrected chi connectivity index (χ1v) is 10.2. The third-order valence-electron chi connectivity index (χ3n) is 4.41. The average molecular weight is 525 g/mol. The Kier molecular flexibility index (Phi) is 7.70. The normalized spacial score (nSPS) is 11.5. The molecule has 0 aliphatic carbocycles. The molecule has 0 unspecified atom stereocenters.